The highest BCUT2D eigenvalue weighted by Gasteiger charge is 2.53. The van der Waals surface area contributed by atoms with E-state index in [1.54, 1.807) is 30.3 Å². The van der Waals surface area contributed by atoms with E-state index >= 15 is 0 Å². The molecule has 0 bridgehead atoms. The molecule has 0 aromatic heterocycles. The average Bonchev–Trinajstić information content (AvgIpc) is 3.08. The number of ether oxygens (including phenoxy) is 1. The minimum Gasteiger partial charge on any atom is -0.469 e. The Morgan fingerprint density at radius 2 is 1.86 bits per heavy atom. The minimum atomic E-state index is -3.64. The Balaban J connectivity index is 1.78. The Bertz CT molecular complexity index is 803. The van der Waals surface area contributed by atoms with E-state index in [1.807, 2.05) is 0 Å². The normalized spacial score (nSPS) is 22.1. The highest BCUT2D eigenvalue weighted by Crippen LogP contribution is 2.48. The first-order valence-corrected chi connectivity index (χ1v) is 11.2. The quantitative estimate of drug-likeness (QED) is 0.726. The number of methoxy groups -OCH3 is 1. The fourth-order valence-corrected chi connectivity index (χ4v) is 6.06. The van der Waals surface area contributed by atoms with Gasteiger partial charge in [0.2, 0.25) is 15.9 Å². The third-order valence-electron chi connectivity index (χ3n) is 6.02. The summed E-state index contributed by atoms with van der Waals surface area (Å²) in [6, 6.07) is 8.37. The van der Waals surface area contributed by atoms with Gasteiger partial charge in [-0.3, -0.25) is 9.59 Å². The maximum Gasteiger partial charge on any atom is 0.307 e. The first-order chi connectivity index (χ1) is 13.4. The molecule has 0 unspecified atom stereocenters. The van der Waals surface area contributed by atoms with Gasteiger partial charge in [-0.05, 0) is 30.4 Å². The number of hydrogen-bond acceptors (Lipinski definition) is 5. The summed E-state index contributed by atoms with van der Waals surface area (Å²) in [6.45, 7) is 0.754. The molecule has 1 saturated carbocycles. The van der Waals surface area contributed by atoms with Crippen LogP contribution in [0.25, 0.3) is 0 Å². The predicted molar refractivity (Wildman–Crippen MR) is 104 cm³/mol. The van der Waals surface area contributed by atoms with Crippen LogP contribution in [0.15, 0.2) is 35.2 Å². The fourth-order valence-electron chi connectivity index (χ4n) is 4.48. The lowest BCUT2D eigenvalue weighted by Crippen LogP contribution is -2.43. The van der Waals surface area contributed by atoms with Gasteiger partial charge in [0.15, 0.2) is 0 Å². The summed E-state index contributed by atoms with van der Waals surface area (Å²) in [6.07, 6.45) is 4.93. The van der Waals surface area contributed by atoms with Crippen molar-refractivity contribution >= 4 is 21.9 Å². The second-order valence-electron chi connectivity index (χ2n) is 7.70. The third kappa shape index (κ3) is 4.22. The molecule has 7 nitrogen and oxygen atoms in total. The molecule has 1 heterocycles. The molecule has 1 aromatic carbocycles. The van der Waals surface area contributed by atoms with Crippen molar-refractivity contribution in [1.29, 1.82) is 0 Å². The molecule has 28 heavy (non-hydrogen) atoms. The van der Waals surface area contributed by atoms with Crippen molar-refractivity contribution in [2.24, 2.45) is 11.3 Å². The second kappa shape index (κ2) is 8.61. The van der Waals surface area contributed by atoms with Crippen LogP contribution in [-0.4, -0.2) is 51.3 Å². The van der Waals surface area contributed by atoms with Crippen LogP contribution in [-0.2, 0) is 24.3 Å². The van der Waals surface area contributed by atoms with Gasteiger partial charge in [-0.15, -0.1) is 0 Å². The number of esters is 1. The predicted octanol–water partition coefficient (Wildman–Crippen LogP) is 1.94. The van der Waals surface area contributed by atoms with Gasteiger partial charge in [-0.1, -0.05) is 37.5 Å². The molecule has 0 radical (unpaired) electrons. The van der Waals surface area contributed by atoms with Gasteiger partial charge in [-0.2, -0.15) is 4.31 Å². The van der Waals surface area contributed by atoms with Crippen LogP contribution in [0.5, 0.6) is 0 Å². The van der Waals surface area contributed by atoms with Crippen LogP contribution in [0.4, 0.5) is 0 Å². The Labute approximate surface area is 166 Å². The highest BCUT2D eigenvalue weighted by molar-refractivity contribution is 7.89. The van der Waals surface area contributed by atoms with Crippen LogP contribution < -0.4 is 5.32 Å². The van der Waals surface area contributed by atoms with Crippen LogP contribution in [0.2, 0.25) is 0 Å². The molecule has 1 saturated heterocycles. The molecule has 1 aromatic rings. The van der Waals surface area contributed by atoms with Crippen LogP contribution >= 0.6 is 0 Å². The van der Waals surface area contributed by atoms with Gasteiger partial charge in [0.1, 0.15) is 0 Å². The van der Waals surface area contributed by atoms with Gasteiger partial charge >= 0.3 is 5.97 Å². The van der Waals surface area contributed by atoms with E-state index in [9.17, 15) is 18.0 Å². The van der Waals surface area contributed by atoms with E-state index in [2.05, 4.69) is 10.1 Å². The molecule has 1 aliphatic heterocycles. The van der Waals surface area contributed by atoms with Crippen molar-refractivity contribution in [1.82, 2.24) is 9.62 Å². The lowest BCUT2D eigenvalue weighted by Gasteiger charge is -2.37. The molecule has 1 amide bonds. The van der Waals surface area contributed by atoms with E-state index in [4.69, 9.17) is 0 Å². The summed E-state index contributed by atoms with van der Waals surface area (Å²) in [5.74, 6) is -0.951. The van der Waals surface area contributed by atoms with E-state index in [-0.39, 0.29) is 41.7 Å². The Kier molecular flexibility index (Phi) is 6.40. The summed E-state index contributed by atoms with van der Waals surface area (Å²) in [5, 5.41) is 2.81. The number of nitrogens with zero attached hydrogens (tertiary/aromatic N) is 1. The zero-order valence-electron chi connectivity index (χ0n) is 16.2. The summed E-state index contributed by atoms with van der Waals surface area (Å²) >= 11 is 0. The number of rotatable bonds is 6. The molecule has 1 aliphatic carbocycles. The zero-order chi connectivity index (χ0) is 20.2. The third-order valence-corrected chi connectivity index (χ3v) is 7.85. The smallest absolute Gasteiger partial charge is 0.307 e. The van der Waals surface area contributed by atoms with Crippen LogP contribution in [0.3, 0.4) is 0 Å². The number of carbonyl (C=O) groups excluding carboxylic acids is 2. The number of nitrogens with one attached hydrogen (secondary N) is 1. The molecule has 2 fully saturated rings. The molecule has 1 spiro atoms. The Morgan fingerprint density at radius 1 is 1.18 bits per heavy atom. The maximum atomic E-state index is 13.1. The number of carbonyl (C=O) groups is 2. The standard InChI is InChI=1S/C20H28N2O5S/c1-27-18(23)10-13-21-19(24)17-14-22(15-20(17)11-6-3-7-12-20)28(25,26)16-8-4-2-5-9-16/h2,4-5,8-9,17H,3,6-7,10-15H2,1H3,(H,21,24)/t17-/m0/s1. The van der Waals surface area contributed by atoms with Crippen molar-refractivity contribution < 1.29 is 22.7 Å². The molecule has 1 N–H and O–H groups in total. The molecule has 1 atom stereocenters. The minimum absolute atomic E-state index is 0.105. The number of benzene rings is 1. The van der Waals surface area contributed by atoms with E-state index in [0.717, 1.165) is 32.1 Å². The molecule has 154 valence electrons. The lowest BCUT2D eigenvalue weighted by molar-refractivity contribution is -0.140. The topological polar surface area (TPSA) is 92.8 Å². The molecule has 3 rings (SSSR count). The Morgan fingerprint density at radius 3 is 2.50 bits per heavy atom. The van der Waals surface area contributed by atoms with E-state index in [0.29, 0.717) is 6.54 Å². The summed E-state index contributed by atoms with van der Waals surface area (Å²) < 4.78 is 32.3. The SMILES string of the molecule is COC(=O)CCNC(=O)[C@@H]1CN(S(=O)(=O)c2ccccc2)CC12CCCCC2. The fraction of sp³-hybridized carbons (Fsp3) is 0.600. The average molecular weight is 409 g/mol. The van der Waals surface area contributed by atoms with Gasteiger partial charge in [0.05, 0.1) is 24.3 Å². The van der Waals surface area contributed by atoms with Gasteiger partial charge < -0.3 is 10.1 Å². The molecule has 8 heteroatoms. The summed E-state index contributed by atoms with van der Waals surface area (Å²) in [5.41, 5.74) is -0.324. The van der Waals surface area contributed by atoms with Crippen LogP contribution in [0, 0.1) is 11.3 Å². The molecular formula is C20H28N2O5S. The van der Waals surface area contributed by atoms with Gasteiger partial charge in [-0.25, -0.2) is 8.42 Å². The molecular weight excluding hydrogens is 380 g/mol. The van der Waals surface area contributed by atoms with Crippen molar-refractivity contribution in [3.63, 3.8) is 0 Å². The zero-order valence-corrected chi connectivity index (χ0v) is 17.0. The maximum absolute atomic E-state index is 13.1. The van der Waals surface area contributed by atoms with Crippen molar-refractivity contribution in [2.75, 3.05) is 26.7 Å². The number of amides is 1. The first-order valence-electron chi connectivity index (χ1n) is 9.79. The lowest BCUT2D eigenvalue weighted by atomic mass is 9.67. The number of sulfonamides is 1. The Hall–Kier alpha value is -1.93. The van der Waals surface area contributed by atoms with Crippen molar-refractivity contribution in [2.45, 2.75) is 43.4 Å². The highest BCUT2D eigenvalue weighted by atomic mass is 32.2. The molecule has 2 aliphatic rings. The first kappa shape index (κ1) is 20.8. The monoisotopic (exact) mass is 408 g/mol. The summed E-state index contributed by atoms with van der Waals surface area (Å²) in [4.78, 5) is 24.5. The van der Waals surface area contributed by atoms with Crippen LogP contribution in [0.1, 0.15) is 38.5 Å². The second-order valence-corrected chi connectivity index (χ2v) is 9.64. The summed E-state index contributed by atoms with van der Waals surface area (Å²) in [7, 11) is -2.33. The van der Waals surface area contributed by atoms with Gasteiger partial charge in [0, 0.05) is 19.6 Å². The number of hydrogen-bond donors (Lipinski definition) is 1. The van der Waals surface area contributed by atoms with Crippen molar-refractivity contribution in [3.8, 4) is 0 Å². The van der Waals surface area contributed by atoms with E-state index in [1.165, 1.54) is 11.4 Å². The van der Waals surface area contributed by atoms with Crippen molar-refractivity contribution in [3.05, 3.63) is 30.3 Å². The van der Waals surface area contributed by atoms with Gasteiger partial charge in [0.25, 0.3) is 0 Å². The largest absolute Gasteiger partial charge is 0.469 e. The van der Waals surface area contributed by atoms with E-state index < -0.39 is 15.9 Å².